The van der Waals surface area contributed by atoms with Gasteiger partial charge in [-0.3, -0.25) is 4.52 Å². The van der Waals surface area contributed by atoms with E-state index in [-0.39, 0.29) is 6.04 Å². The molecule has 7 aromatic carbocycles. The van der Waals surface area contributed by atoms with Gasteiger partial charge in [-0.15, -0.1) is 0 Å². The zero-order valence-corrected chi connectivity index (χ0v) is 29.1. The maximum absolute atomic E-state index is 7.43. The highest BCUT2D eigenvalue weighted by Gasteiger charge is 2.46. The molecule has 8 aromatic rings. The maximum atomic E-state index is 7.43. The molecule has 1 atom stereocenters. The molecule has 5 nitrogen and oxygen atoms in total. The average molecular weight is 686 g/mol. The van der Waals surface area contributed by atoms with Crippen LogP contribution >= 0.6 is 8.24 Å². The third-order valence-corrected chi connectivity index (χ3v) is 11.1. The molecule has 0 bridgehead atoms. The van der Waals surface area contributed by atoms with E-state index in [0.29, 0.717) is 25.3 Å². The summed E-state index contributed by atoms with van der Waals surface area (Å²) < 4.78 is 27.7. The summed E-state index contributed by atoms with van der Waals surface area (Å²) in [6, 6.07) is 54.1. The second-order valence-electron chi connectivity index (χ2n) is 13.3. The minimum Gasteiger partial charge on any atom is -0.475 e. The van der Waals surface area contributed by atoms with Crippen molar-refractivity contribution >= 4 is 57.6 Å². The first-order valence-electron chi connectivity index (χ1n) is 17.4. The molecular weight excluding hydrogens is 649 g/mol. The van der Waals surface area contributed by atoms with E-state index in [4.69, 9.17) is 22.6 Å². The van der Waals surface area contributed by atoms with E-state index in [1.807, 2.05) is 12.1 Å². The number of aliphatic imine (C=N–C) groups is 1. The van der Waals surface area contributed by atoms with Gasteiger partial charge in [0.1, 0.15) is 29.4 Å². The molecule has 2 heterocycles. The van der Waals surface area contributed by atoms with Crippen LogP contribution in [0.25, 0.3) is 43.5 Å². The summed E-state index contributed by atoms with van der Waals surface area (Å²) in [6.45, 7) is 2.45. The van der Waals surface area contributed by atoms with Crippen LogP contribution in [0.2, 0.25) is 0 Å². The standard InChI is InChI=1S/C45H36NO4P/c1-31-20-22-36(23-21-31)44-46-41(30-47-44)45(28-32-12-4-2-5-13-32,29-33-14-6-3-7-15-33)50-51-48-39-26-24-34-16-8-10-18-37(34)42(39)43-38-19-11-9-17-35(38)25-27-40(43)49-51/h2-27,41H,28-30H2,1H3/t41-/m0/s1. The smallest absolute Gasteiger partial charge is 0.388 e. The van der Waals surface area contributed by atoms with Crippen LogP contribution < -0.4 is 4.52 Å². The van der Waals surface area contributed by atoms with E-state index in [2.05, 4.69) is 153 Å². The van der Waals surface area contributed by atoms with Gasteiger partial charge in [0.05, 0.1) is 0 Å². The number of aryl methyl sites for hydroxylation is 1. The minimum absolute atomic E-state index is 0.348. The van der Waals surface area contributed by atoms with E-state index in [0.717, 1.165) is 60.2 Å². The number of ether oxygens (including phenoxy) is 1. The molecule has 0 fully saturated rings. The Kier molecular flexibility index (Phi) is 8.16. The lowest BCUT2D eigenvalue weighted by molar-refractivity contribution is 0.0715. The number of hydrogen-bond acceptors (Lipinski definition) is 5. The van der Waals surface area contributed by atoms with Gasteiger partial charge in [-0.05, 0) is 63.9 Å². The summed E-state index contributed by atoms with van der Waals surface area (Å²) in [5.41, 5.74) is 4.98. The zero-order valence-electron chi connectivity index (χ0n) is 28.2. The summed E-state index contributed by atoms with van der Waals surface area (Å²) >= 11 is 0. The highest BCUT2D eigenvalue weighted by atomic mass is 31.1. The summed E-state index contributed by atoms with van der Waals surface area (Å²) in [4.78, 5) is 5.28. The van der Waals surface area contributed by atoms with E-state index in [1.54, 1.807) is 0 Å². The molecule has 51 heavy (non-hydrogen) atoms. The molecular formula is C45H36NO4P. The van der Waals surface area contributed by atoms with Gasteiger partial charge in [0.2, 0.25) is 5.90 Å². The topological polar surface area (TPSA) is 57.1 Å². The molecule has 1 aromatic heterocycles. The molecule has 0 N–H and O–H groups in total. The maximum Gasteiger partial charge on any atom is 0.388 e. The van der Waals surface area contributed by atoms with E-state index in [9.17, 15) is 0 Å². The highest BCUT2D eigenvalue weighted by Crippen LogP contribution is 2.44. The number of benzene rings is 7. The Morgan fingerprint density at radius 3 is 1.67 bits per heavy atom. The van der Waals surface area contributed by atoms with Gasteiger partial charge < -0.3 is 13.1 Å². The predicted molar refractivity (Wildman–Crippen MR) is 208 cm³/mol. The second kappa shape index (κ2) is 13.3. The fourth-order valence-electron chi connectivity index (χ4n) is 7.34. The van der Waals surface area contributed by atoms with Gasteiger partial charge in [-0.2, -0.15) is 0 Å². The first-order chi connectivity index (χ1) is 25.1. The van der Waals surface area contributed by atoms with Crippen LogP contribution in [0.5, 0.6) is 0 Å². The molecule has 0 aliphatic carbocycles. The largest absolute Gasteiger partial charge is 0.475 e. The van der Waals surface area contributed by atoms with Crippen molar-refractivity contribution in [3.05, 3.63) is 180 Å². The van der Waals surface area contributed by atoms with Gasteiger partial charge in [0.25, 0.3) is 0 Å². The van der Waals surface area contributed by atoms with Crippen molar-refractivity contribution in [2.24, 2.45) is 4.99 Å². The quantitative estimate of drug-likeness (QED) is 0.160. The molecule has 1 aliphatic heterocycles. The third-order valence-electron chi connectivity index (χ3n) is 9.88. The van der Waals surface area contributed by atoms with Gasteiger partial charge in [0.15, 0.2) is 0 Å². The Bertz CT molecular complexity index is 2440. The molecule has 0 saturated heterocycles. The van der Waals surface area contributed by atoms with Crippen LogP contribution in [0, 0.1) is 6.92 Å². The Morgan fingerprint density at radius 1 is 0.608 bits per heavy atom. The molecule has 250 valence electrons. The average Bonchev–Trinajstić information content (AvgIpc) is 3.61. The van der Waals surface area contributed by atoms with Crippen LogP contribution in [-0.2, 0) is 17.6 Å². The lowest BCUT2D eigenvalue weighted by Gasteiger charge is -2.35. The van der Waals surface area contributed by atoms with Crippen molar-refractivity contribution in [3.63, 3.8) is 0 Å². The van der Waals surface area contributed by atoms with Crippen molar-refractivity contribution in [2.75, 3.05) is 6.61 Å². The predicted octanol–water partition coefficient (Wildman–Crippen LogP) is 11.4. The molecule has 0 saturated carbocycles. The van der Waals surface area contributed by atoms with Gasteiger partial charge >= 0.3 is 8.24 Å². The van der Waals surface area contributed by atoms with Gasteiger partial charge in [-0.25, -0.2) is 4.99 Å². The number of nitrogens with zero attached hydrogens (tertiary/aromatic N) is 1. The van der Waals surface area contributed by atoms with Crippen molar-refractivity contribution in [1.82, 2.24) is 0 Å². The number of hydrogen-bond donors (Lipinski definition) is 0. The van der Waals surface area contributed by atoms with Crippen LogP contribution in [0.4, 0.5) is 0 Å². The Hall–Kier alpha value is -5.61. The fraction of sp³-hybridized carbons (Fsp3) is 0.133. The number of fused-ring (bicyclic) bond motifs is 7. The molecule has 0 unspecified atom stereocenters. The highest BCUT2D eigenvalue weighted by molar-refractivity contribution is 7.31. The van der Waals surface area contributed by atoms with Crippen LogP contribution in [-0.4, -0.2) is 24.1 Å². The summed E-state index contributed by atoms with van der Waals surface area (Å²) in [5, 5.41) is 6.49. The Balaban J connectivity index is 1.29. The molecule has 9 rings (SSSR count). The van der Waals surface area contributed by atoms with Crippen LogP contribution in [0.3, 0.4) is 0 Å². The van der Waals surface area contributed by atoms with Crippen molar-refractivity contribution in [2.45, 2.75) is 31.4 Å². The summed E-state index contributed by atoms with van der Waals surface area (Å²) in [6.07, 6.45) is 1.14. The molecule has 0 amide bonds. The van der Waals surface area contributed by atoms with Crippen molar-refractivity contribution in [3.8, 4) is 0 Å². The van der Waals surface area contributed by atoms with E-state index < -0.39 is 13.8 Å². The van der Waals surface area contributed by atoms with E-state index >= 15 is 0 Å². The second-order valence-corrected chi connectivity index (χ2v) is 14.3. The zero-order chi connectivity index (χ0) is 34.2. The summed E-state index contributed by atoms with van der Waals surface area (Å²) in [5.74, 6) is 0.623. The molecule has 0 spiro atoms. The van der Waals surface area contributed by atoms with Crippen LogP contribution in [0.15, 0.2) is 171 Å². The van der Waals surface area contributed by atoms with Crippen molar-refractivity contribution in [1.29, 1.82) is 0 Å². The first kappa shape index (κ1) is 31.4. The fourth-order valence-corrected chi connectivity index (χ4v) is 8.62. The summed E-state index contributed by atoms with van der Waals surface area (Å²) in [7, 11) is -1.98. The van der Waals surface area contributed by atoms with Gasteiger partial charge in [-0.1, -0.05) is 139 Å². The lowest BCUT2D eigenvalue weighted by atomic mass is 9.82. The Morgan fingerprint density at radius 2 is 1.12 bits per heavy atom. The monoisotopic (exact) mass is 685 g/mol. The SMILES string of the molecule is Cc1ccc(C2=N[C@H](C(Cc3ccccc3)(Cc3ccccc3)Op3oc4ccc5ccccc5c4c4c(ccc5ccccc54)o3)CO2)cc1. The third kappa shape index (κ3) is 6.10. The van der Waals surface area contributed by atoms with E-state index in [1.165, 1.54) is 5.56 Å². The Labute approximate surface area is 297 Å². The van der Waals surface area contributed by atoms with Gasteiger partial charge in [0, 0.05) is 29.2 Å². The first-order valence-corrected chi connectivity index (χ1v) is 18.5. The molecule has 6 heteroatoms. The minimum atomic E-state index is -1.98. The van der Waals surface area contributed by atoms with Crippen LogP contribution in [0.1, 0.15) is 22.3 Å². The molecule has 1 aliphatic rings. The molecule has 0 radical (unpaired) electrons. The van der Waals surface area contributed by atoms with Crippen molar-refractivity contribution < 1.29 is 17.7 Å². The normalized spacial score (nSPS) is 14.6. The lowest BCUT2D eigenvalue weighted by Crippen LogP contribution is -2.51. The number of rotatable bonds is 8.